The van der Waals surface area contributed by atoms with Gasteiger partial charge in [0.15, 0.2) is 2.74 Å². The van der Waals surface area contributed by atoms with Crippen LogP contribution in [-0.4, -0.2) is 29.9 Å². The number of nitrogens with zero attached hydrogens (tertiary/aromatic N) is 4. The van der Waals surface area contributed by atoms with E-state index in [1.807, 2.05) is 61.1 Å². The quantitative estimate of drug-likeness (QED) is 0.167. The van der Waals surface area contributed by atoms with Gasteiger partial charge in [0.2, 0.25) is 0 Å². The second-order valence-electron chi connectivity index (χ2n) is 10.7. The smallest absolute Gasteiger partial charge is 0.171 e. The van der Waals surface area contributed by atoms with Crippen LogP contribution in [0.2, 0.25) is 0 Å². The third kappa shape index (κ3) is 6.95. The number of hydrogen-bond acceptors (Lipinski definition) is 8. The van der Waals surface area contributed by atoms with Crippen LogP contribution >= 0.6 is 47.0 Å². The van der Waals surface area contributed by atoms with Crippen molar-refractivity contribution in [3.8, 4) is 12.1 Å². The molecule has 0 saturated heterocycles. The molecule has 0 saturated carbocycles. The monoisotopic (exact) mass is 660 g/mol. The Morgan fingerprint density at radius 3 is 1.11 bits per heavy atom. The molecule has 4 aromatic rings. The lowest BCUT2D eigenvalue weighted by Gasteiger charge is -2.21. The van der Waals surface area contributed by atoms with E-state index >= 15 is 0 Å². The SMILES string of the molecule is CN(CCC#N)c1ccc(C2=C(c3ccccc3)SC3(SC(c4ccccc4)=C(c4ccc(N(C)CCC#N)cc4)S3)S2)cc1. The Morgan fingerprint density at radius 1 is 0.489 bits per heavy atom. The first kappa shape index (κ1) is 31.3. The van der Waals surface area contributed by atoms with Gasteiger partial charge in [-0.2, -0.15) is 10.5 Å². The highest BCUT2D eigenvalue weighted by atomic mass is 32.3. The molecule has 224 valence electrons. The van der Waals surface area contributed by atoms with E-state index in [0.29, 0.717) is 25.9 Å². The van der Waals surface area contributed by atoms with Crippen molar-refractivity contribution in [2.24, 2.45) is 0 Å². The Bertz CT molecular complexity index is 1650. The van der Waals surface area contributed by atoms with Gasteiger partial charge in [0.25, 0.3) is 0 Å². The van der Waals surface area contributed by atoms with Crippen LogP contribution in [0, 0.1) is 22.7 Å². The maximum atomic E-state index is 9.03. The summed E-state index contributed by atoms with van der Waals surface area (Å²) in [4.78, 5) is 9.45. The Balaban J connectivity index is 1.34. The molecule has 0 fully saturated rings. The predicted molar refractivity (Wildman–Crippen MR) is 199 cm³/mol. The first-order chi connectivity index (χ1) is 22.0. The molecule has 45 heavy (non-hydrogen) atoms. The van der Waals surface area contributed by atoms with Gasteiger partial charge in [0.1, 0.15) is 0 Å². The molecule has 2 aliphatic rings. The van der Waals surface area contributed by atoms with E-state index in [0.717, 1.165) is 11.4 Å². The van der Waals surface area contributed by atoms with Crippen LogP contribution in [0.15, 0.2) is 109 Å². The van der Waals surface area contributed by atoms with E-state index in [4.69, 9.17) is 10.5 Å². The van der Waals surface area contributed by atoms with Crippen molar-refractivity contribution in [1.82, 2.24) is 0 Å². The molecule has 4 aromatic carbocycles. The van der Waals surface area contributed by atoms with Crippen LogP contribution in [-0.2, 0) is 0 Å². The average Bonchev–Trinajstić information content (AvgIpc) is 3.67. The van der Waals surface area contributed by atoms with Gasteiger partial charge < -0.3 is 9.80 Å². The second kappa shape index (κ2) is 14.2. The summed E-state index contributed by atoms with van der Waals surface area (Å²) in [7, 11) is 4.08. The molecule has 0 aromatic heterocycles. The summed E-state index contributed by atoms with van der Waals surface area (Å²) in [5, 5.41) is 18.1. The van der Waals surface area contributed by atoms with E-state index in [2.05, 4.69) is 131 Å². The molecule has 0 amide bonds. The van der Waals surface area contributed by atoms with Gasteiger partial charge in [0.05, 0.1) is 25.0 Å². The minimum absolute atomic E-state index is 0.217. The maximum Gasteiger partial charge on any atom is 0.171 e. The van der Waals surface area contributed by atoms with Crippen molar-refractivity contribution in [3.63, 3.8) is 0 Å². The van der Waals surface area contributed by atoms with Gasteiger partial charge in [-0.05, 0) is 46.5 Å². The molecule has 0 bridgehead atoms. The Morgan fingerprint density at radius 2 is 0.800 bits per heavy atom. The summed E-state index contributed by atoms with van der Waals surface area (Å²) >= 11 is 7.81. The molecule has 2 heterocycles. The number of rotatable bonds is 10. The number of thioether (sulfide) groups is 4. The van der Waals surface area contributed by atoms with Gasteiger partial charge in [-0.1, -0.05) is 132 Å². The topological polar surface area (TPSA) is 54.1 Å². The van der Waals surface area contributed by atoms with Crippen LogP contribution < -0.4 is 9.80 Å². The Kier molecular flexibility index (Phi) is 9.88. The van der Waals surface area contributed by atoms with Crippen LogP contribution in [0.25, 0.3) is 19.6 Å². The highest BCUT2D eigenvalue weighted by Crippen LogP contribution is 2.78. The fourth-order valence-electron chi connectivity index (χ4n) is 5.18. The van der Waals surface area contributed by atoms with E-state index in [1.165, 1.54) is 41.9 Å². The third-order valence-electron chi connectivity index (χ3n) is 7.65. The lowest BCUT2D eigenvalue weighted by atomic mass is 10.1. The zero-order valence-electron chi connectivity index (χ0n) is 25.1. The third-order valence-corrected chi connectivity index (χ3v) is 14.5. The molecule has 0 N–H and O–H groups in total. The Labute approximate surface area is 283 Å². The fourth-order valence-corrected chi connectivity index (χ4v) is 12.5. The molecule has 0 radical (unpaired) electrons. The molecule has 1 spiro atoms. The van der Waals surface area contributed by atoms with Crippen molar-refractivity contribution in [3.05, 3.63) is 131 Å². The fraction of sp³-hybridized carbons (Fsp3) is 0.189. The average molecular weight is 661 g/mol. The maximum absolute atomic E-state index is 9.03. The lowest BCUT2D eigenvalue weighted by molar-refractivity contribution is 0.905. The standard InChI is InChI=1S/C37H32N4S4/c1-40(25-9-23-38)31-19-15-29(16-20-31)35-33(27-11-5-3-6-12-27)42-37(44-35)43-34(28-13-7-4-8-14-28)36(45-37)30-17-21-32(22-18-30)41(2)26-10-24-39/h3-8,11-22H,9-10,25-26H2,1-2H3. The number of anilines is 2. The Hall–Kier alpha value is -3.66. The molecule has 8 heteroatoms. The second-order valence-corrected chi connectivity index (χ2v) is 17.2. The van der Waals surface area contributed by atoms with E-state index in [9.17, 15) is 0 Å². The first-order valence-corrected chi connectivity index (χ1v) is 18.0. The normalized spacial score (nSPS) is 15.3. The van der Waals surface area contributed by atoms with Crippen molar-refractivity contribution >= 4 is 78.0 Å². The lowest BCUT2D eigenvalue weighted by Crippen LogP contribution is -2.17. The number of nitriles is 2. The summed E-state index contributed by atoms with van der Waals surface area (Å²) in [6.07, 6.45) is 1.01. The minimum atomic E-state index is -0.217. The van der Waals surface area contributed by atoms with Crippen molar-refractivity contribution < 1.29 is 0 Å². The minimum Gasteiger partial charge on any atom is -0.374 e. The largest absolute Gasteiger partial charge is 0.374 e. The predicted octanol–water partition coefficient (Wildman–Crippen LogP) is 10.3. The van der Waals surface area contributed by atoms with Crippen LogP contribution in [0.4, 0.5) is 11.4 Å². The summed E-state index contributed by atoms with van der Waals surface area (Å²) in [5.41, 5.74) is 7.11. The summed E-state index contributed by atoms with van der Waals surface area (Å²) in [6.45, 7) is 1.42. The van der Waals surface area contributed by atoms with Gasteiger partial charge >= 0.3 is 0 Å². The highest BCUT2D eigenvalue weighted by molar-refractivity contribution is 8.58. The molecular formula is C37H32N4S4. The molecule has 4 nitrogen and oxygen atoms in total. The first-order valence-electron chi connectivity index (χ1n) is 14.7. The van der Waals surface area contributed by atoms with Gasteiger partial charge in [-0.15, -0.1) is 0 Å². The molecular weight excluding hydrogens is 629 g/mol. The zero-order chi connectivity index (χ0) is 31.2. The highest BCUT2D eigenvalue weighted by Gasteiger charge is 2.49. The van der Waals surface area contributed by atoms with Crippen molar-refractivity contribution in [2.45, 2.75) is 15.6 Å². The van der Waals surface area contributed by atoms with Gasteiger partial charge in [-0.3, -0.25) is 0 Å². The van der Waals surface area contributed by atoms with E-state index in [1.54, 1.807) is 0 Å². The summed E-state index contributed by atoms with van der Waals surface area (Å²) in [6, 6.07) is 43.5. The van der Waals surface area contributed by atoms with Crippen LogP contribution in [0.5, 0.6) is 0 Å². The molecule has 0 unspecified atom stereocenters. The molecule has 2 aliphatic heterocycles. The van der Waals surface area contributed by atoms with E-state index < -0.39 is 0 Å². The van der Waals surface area contributed by atoms with Gasteiger partial charge in [0, 0.05) is 58.2 Å². The molecule has 0 aliphatic carbocycles. The van der Waals surface area contributed by atoms with E-state index in [-0.39, 0.29) is 2.74 Å². The van der Waals surface area contributed by atoms with Crippen molar-refractivity contribution in [2.75, 3.05) is 37.0 Å². The van der Waals surface area contributed by atoms with Crippen molar-refractivity contribution in [1.29, 1.82) is 10.5 Å². The summed E-state index contributed by atoms with van der Waals surface area (Å²) < 4.78 is -0.217. The number of hydrogen-bond donors (Lipinski definition) is 0. The van der Waals surface area contributed by atoms with Crippen LogP contribution in [0.1, 0.15) is 35.1 Å². The summed E-state index contributed by atoms with van der Waals surface area (Å²) in [5.74, 6) is 0. The zero-order valence-corrected chi connectivity index (χ0v) is 28.4. The molecule has 0 atom stereocenters. The molecule has 6 rings (SSSR count). The van der Waals surface area contributed by atoms with Gasteiger partial charge in [-0.25, -0.2) is 0 Å². The van der Waals surface area contributed by atoms with Crippen LogP contribution in [0.3, 0.4) is 0 Å². The number of benzene rings is 4.